The van der Waals surface area contributed by atoms with Crippen LogP contribution in [-0.2, 0) is 4.74 Å². The van der Waals surface area contributed by atoms with Gasteiger partial charge in [0.15, 0.2) is 0 Å². The summed E-state index contributed by atoms with van der Waals surface area (Å²) < 4.78 is 5.53. The topological polar surface area (TPSA) is 50.4 Å². The minimum atomic E-state index is -0.0183. The van der Waals surface area contributed by atoms with Crippen molar-refractivity contribution < 1.29 is 9.53 Å². The van der Waals surface area contributed by atoms with Gasteiger partial charge in [0.05, 0.1) is 0 Å². The average Bonchev–Trinajstić information content (AvgIpc) is 3.28. The lowest BCUT2D eigenvalue weighted by Crippen LogP contribution is -2.25. The first-order valence-electron chi connectivity index (χ1n) is 7.49. The molecule has 1 amide bonds. The van der Waals surface area contributed by atoms with E-state index in [1.165, 1.54) is 12.8 Å². The summed E-state index contributed by atoms with van der Waals surface area (Å²) in [5, 5.41) is 6.12. The Labute approximate surface area is 120 Å². The van der Waals surface area contributed by atoms with Crippen LogP contribution >= 0.6 is 0 Å². The largest absolute Gasteiger partial charge is 0.385 e. The Balaban J connectivity index is 1.60. The lowest BCUT2D eigenvalue weighted by Gasteiger charge is -2.07. The molecule has 0 heterocycles. The molecule has 0 aromatic heterocycles. The molecule has 110 valence electrons. The predicted octanol–water partition coefficient (Wildman–Crippen LogP) is 2.66. The summed E-state index contributed by atoms with van der Waals surface area (Å²) in [6, 6.07) is 7.54. The van der Waals surface area contributed by atoms with Crippen molar-refractivity contribution in [3.63, 3.8) is 0 Å². The van der Waals surface area contributed by atoms with Crippen LogP contribution in [0.15, 0.2) is 24.3 Å². The molecule has 2 rings (SSSR count). The molecule has 0 aliphatic heterocycles. The summed E-state index contributed by atoms with van der Waals surface area (Å²) in [5.74, 6) is 0.787. The first kappa shape index (κ1) is 14.9. The maximum atomic E-state index is 11.9. The summed E-state index contributed by atoms with van der Waals surface area (Å²) >= 11 is 0. The second kappa shape index (κ2) is 7.90. The minimum Gasteiger partial charge on any atom is -0.385 e. The zero-order valence-corrected chi connectivity index (χ0v) is 12.2. The van der Waals surface area contributed by atoms with Gasteiger partial charge in [-0.15, -0.1) is 0 Å². The quantitative estimate of drug-likeness (QED) is 0.682. The number of anilines is 1. The van der Waals surface area contributed by atoms with E-state index in [1.54, 1.807) is 0 Å². The highest BCUT2D eigenvalue weighted by molar-refractivity contribution is 5.94. The molecule has 1 saturated carbocycles. The monoisotopic (exact) mass is 276 g/mol. The lowest BCUT2D eigenvalue weighted by molar-refractivity contribution is 0.0937. The molecule has 1 aromatic rings. The van der Waals surface area contributed by atoms with Gasteiger partial charge in [0.1, 0.15) is 0 Å². The molecule has 0 spiro atoms. The van der Waals surface area contributed by atoms with E-state index in [0.29, 0.717) is 12.1 Å². The van der Waals surface area contributed by atoms with E-state index in [-0.39, 0.29) is 5.91 Å². The molecule has 4 heteroatoms. The van der Waals surface area contributed by atoms with Gasteiger partial charge in [0.2, 0.25) is 0 Å². The van der Waals surface area contributed by atoms with Crippen LogP contribution in [-0.4, -0.2) is 32.2 Å². The van der Waals surface area contributed by atoms with E-state index < -0.39 is 0 Å². The summed E-state index contributed by atoms with van der Waals surface area (Å²) in [7, 11) is 0. The van der Waals surface area contributed by atoms with Crippen molar-refractivity contribution in [1.82, 2.24) is 5.32 Å². The predicted molar refractivity (Wildman–Crippen MR) is 81.1 cm³/mol. The number of carbonyl (C=O) groups is 1. The second-order valence-electron chi connectivity index (χ2n) is 5.24. The highest BCUT2D eigenvalue weighted by atomic mass is 16.5. The van der Waals surface area contributed by atoms with Crippen molar-refractivity contribution in [2.45, 2.75) is 26.2 Å². The molecule has 0 radical (unpaired) electrons. The van der Waals surface area contributed by atoms with Crippen LogP contribution < -0.4 is 10.6 Å². The number of rotatable bonds is 9. The van der Waals surface area contributed by atoms with Crippen molar-refractivity contribution in [3.8, 4) is 0 Å². The van der Waals surface area contributed by atoms with Gasteiger partial charge < -0.3 is 15.4 Å². The highest BCUT2D eigenvalue weighted by Crippen LogP contribution is 2.28. The number of ether oxygens (including phenoxy) is 1. The molecule has 20 heavy (non-hydrogen) atoms. The minimum absolute atomic E-state index is 0.0183. The maximum absolute atomic E-state index is 11.9. The third-order valence-corrected chi connectivity index (χ3v) is 3.33. The molecule has 1 aliphatic carbocycles. The van der Waals surface area contributed by atoms with E-state index in [0.717, 1.165) is 37.8 Å². The molecule has 1 aromatic carbocycles. The highest BCUT2D eigenvalue weighted by Gasteiger charge is 2.20. The van der Waals surface area contributed by atoms with Gasteiger partial charge in [-0.05, 0) is 56.4 Å². The summed E-state index contributed by atoms with van der Waals surface area (Å²) in [5.41, 5.74) is 1.74. The van der Waals surface area contributed by atoms with Crippen LogP contribution in [0, 0.1) is 5.92 Å². The van der Waals surface area contributed by atoms with E-state index in [9.17, 15) is 4.79 Å². The third kappa shape index (κ3) is 5.21. The summed E-state index contributed by atoms with van der Waals surface area (Å²) in [6.07, 6.45) is 3.51. The standard InChI is InChI=1S/C16H24N2O2/c1-2-17-15-8-6-14(7-9-15)16(19)18-10-3-11-20-12-13-4-5-13/h6-9,13,17H,2-5,10-12H2,1H3,(H,18,19). The SMILES string of the molecule is CCNc1ccc(C(=O)NCCCOCC2CC2)cc1. The van der Waals surface area contributed by atoms with Crippen molar-refractivity contribution in [3.05, 3.63) is 29.8 Å². The fourth-order valence-electron chi connectivity index (χ4n) is 1.96. The van der Waals surface area contributed by atoms with Crippen molar-refractivity contribution in [1.29, 1.82) is 0 Å². The molecule has 1 fully saturated rings. The Morgan fingerprint density at radius 1 is 1.30 bits per heavy atom. The number of hydrogen-bond donors (Lipinski definition) is 2. The number of benzene rings is 1. The molecule has 2 N–H and O–H groups in total. The normalized spacial score (nSPS) is 14.1. The Kier molecular flexibility index (Phi) is 5.87. The van der Waals surface area contributed by atoms with E-state index in [2.05, 4.69) is 10.6 Å². The van der Waals surface area contributed by atoms with Gasteiger partial charge >= 0.3 is 0 Å². The van der Waals surface area contributed by atoms with Crippen LogP contribution in [0.3, 0.4) is 0 Å². The van der Waals surface area contributed by atoms with E-state index in [4.69, 9.17) is 4.74 Å². The van der Waals surface area contributed by atoms with Gasteiger partial charge in [-0.3, -0.25) is 4.79 Å². The van der Waals surface area contributed by atoms with Gasteiger partial charge in [0.25, 0.3) is 5.91 Å². The van der Waals surface area contributed by atoms with E-state index >= 15 is 0 Å². The fourth-order valence-corrected chi connectivity index (χ4v) is 1.96. The van der Waals surface area contributed by atoms with Crippen LogP contribution in [0.2, 0.25) is 0 Å². The van der Waals surface area contributed by atoms with Crippen LogP contribution in [0.25, 0.3) is 0 Å². The first-order valence-corrected chi connectivity index (χ1v) is 7.49. The number of nitrogens with one attached hydrogen (secondary N) is 2. The number of amides is 1. The Morgan fingerprint density at radius 3 is 2.70 bits per heavy atom. The first-order chi connectivity index (χ1) is 9.79. The molecule has 0 bridgehead atoms. The smallest absolute Gasteiger partial charge is 0.251 e. The molecule has 4 nitrogen and oxygen atoms in total. The Morgan fingerprint density at radius 2 is 2.05 bits per heavy atom. The zero-order chi connectivity index (χ0) is 14.2. The van der Waals surface area contributed by atoms with Crippen LogP contribution in [0.4, 0.5) is 5.69 Å². The van der Waals surface area contributed by atoms with Crippen molar-refractivity contribution >= 4 is 11.6 Å². The molecule has 0 unspecified atom stereocenters. The van der Waals surface area contributed by atoms with Crippen molar-refractivity contribution in [2.75, 3.05) is 31.6 Å². The molecule has 0 saturated heterocycles. The molecule has 0 atom stereocenters. The van der Waals surface area contributed by atoms with Gasteiger partial charge in [-0.2, -0.15) is 0 Å². The third-order valence-electron chi connectivity index (χ3n) is 3.33. The van der Waals surface area contributed by atoms with Gasteiger partial charge in [0, 0.05) is 37.6 Å². The van der Waals surface area contributed by atoms with Crippen LogP contribution in [0.5, 0.6) is 0 Å². The van der Waals surface area contributed by atoms with Crippen molar-refractivity contribution in [2.24, 2.45) is 5.92 Å². The molecule has 1 aliphatic rings. The maximum Gasteiger partial charge on any atom is 0.251 e. The second-order valence-corrected chi connectivity index (χ2v) is 5.24. The summed E-state index contributed by atoms with van der Waals surface area (Å²) in [4.78, 5) is 11.9. The average molecular weight is 276 g/mol. The van der Waals surface area contributed by atoms with Gasteiger partial charge in [-0.1, -0.05) is 0 Å². The Hall–Kier alpha value is -1.55. The summed E-state index contributed by atoms with van der Waals surface area (Å²) in [6.45, 7) is 5.22. The van der Waals surface area contributed by atoms with Crippen LogP contribution in [0.1, 0.15) is 36.5 Å². The van der Waals surface area contributed by atoms with E-state index in [1.807, 2.05) is 31.2 Å². The number of carbonyl (C=O) groups excluding carboxylic acids is 1. The fraction of sp³-hybridized carbons (Fsp3) is 0.562. The zero-order valence-electron chi connectivity index (χ0n) is 12.2. The Bertz CT molecular complexity index is 413. The molecular weight excluding hydrogens is 252 g/mol. The number of hydrogen-bond acceptors (Lipinski definition) is 3. The van der Waals surface area contributed by atoms with Gasteiger partial charge in [-0.25, -0.2) is 0 Å². The molecular formula is C16H24N2O2. The lowest BCUT2D eigenvalue weighted by atomic mass is 10.2.